The van der Waals surface area contributed by atoms with E-state index in [1.165, 1.54) is 0 Å². The number of carbonyl (C=O) groups is 1. The van der Waals surface area contributed by atoms with Crippen molar-refractivity contribution in [3.8, 4) is 0 Å². The minimum Gasteiger partial charge on any atom is -0.372 e. The van der Waals surface area contributed by atoms with Gasteiger partial charge in [0, 0.05) is 42.4 Å². The summed E-state index contributed by atoms with van der Waals surface area (Å²) in [6, 6.07) is 8.26. The van der Waals surface area contributed by atoms with Crippen LogP contribution in [0.1, 0.15) is 50.2 Å². The number of ketones is 1. The lowest BCUT2D eigenvalue weighted by atomic mass is 9.77. The van der Waals surface area contributed by atoms with Crippen LogP contribution in [0.2, 0.25) is 0 Å². The van der Waals surface area contributed by atoms with Gasteiger partial charge >= 0.3 is 0 Å². The van der Waals surface area contributed by atoms with Gasteiger partial charge in [0.05, 0.1) is 5.56 Å². The van der Waals surface area contributed by atoms with Crippen molar-refractivity contribution in [2.75, 3.05) is 23.3 Å². The maximum absolute atomic E-state index is 12.7. The number of hydrogen-bond donors (Lipinski definition) is 3. The molecule has 1 atom stereocenters. The van der Waals surface area contributed by atoms with Crippen LogP contribution in [0.25, 0.3) is 0 Å². The van der Waals surface area contributed by atoms with Gasteiger partial charge in [0.15, 0.2) is 5.78 Å². The first-order valence-electron chi connectivity index (χ1n) is 9.32. The van der Waals surface area contributed by atoms with E-state index in [4.69, 9.17) is 0 Å². The van der Waals surface area contributed by atoms with E-state index in [1.54, 1.807) is 0 Å². The first kappa shape index (κ1) is 16.7. The topological polar surface area (TPSA) is 81.0 Å². The van der Waals surface area contributed by atoms with E-state index in [0.29, 0.717) is 17.8 Å². The van der Waals surface area contributed by atoms with Crippen LogP contribution in [0, 0.1) is 0 Å². The highest BCUT2D eigenvalue weighted by molar-refractivity contribution is 6.00. The van der Waals surface area contributed by atoms with Crippen molar-refractivity contribution < 1.29 is 4.79 Å². The fraction of sp³-hybridized carbons (Fsp3) is 0.400. The Balaban J connectivity index is 1.82. The Hall–Kier alpha value is -2.76. The highest BCUT2D eigenvalue weighted by Gasteiger charge is 2.37. The fourth-order valence-corrected chi connectivity index (χ4v) is 4.16. The maximum atomic E-state index is 12.7. The number of fused-ring (bicyclic) bond motifs is 1. The quantitative estimate of drug-likeness (QED) is 0.790. The summed E-state index contributed by atoms with van der Waals surface area (Å²) in [5, 5.41) is 8.84. The predicted molar refractivity (Wildman–Crippen MR) is 103 cm³/mol. The predicted octanol–water partition coefficient (Wildman–Crippen LogP) is 3.11. The monoisotopic (exact) mass is 352 g/mol. The molecule has 6 nitrogen and oxygen atoms in total. The van der Waals surface area contributed by atoms with Crippen molar-refractivity contribution >= 4 is 17.3 Å². The molecule has 3 N–H and O–H groups in total. The number of nitrogens with one attached hydrogen (secondary N) is 3. The summed E-state index contributed by atoms with van der Waals surface area (Å²) in [6.07, 6.45) is 2.23. The number of anilines is 2. The molecule has 0 amide bonds. The molecule has 2 aromatic rings. The van der Waals surface area contributed by atoms with E-state index in [2.05, 4.69) is 46.4 Å². The van der Waals surface area contributed by atoms with Crippen LogP contribution in [-0.4, -0.2) is 29.1 Å². The van der Waals surface area contributed by atoms with E-state index in [-0.39, 0.29) is 17.3 Å². The molecule has 0 saturated carbocycles. The maximum Gasteiger partial charge on any atom is 0.270 e. The highest BCUT2D eigenvalue weighted by Crippen LogP contribution is 2.43. The van der Waals surface area contributed by atoms with Crippen LogP contribution < -0.4 is 15.8 Å². The average Bonchev–Trinajstić information content (AvgIpc) is 3.03. The molecule has 6 heteroatoms. The van der Waals surface area contributed by atoms with Crippen molar-refractivity contribution in [1.29, 1.82) is 0 Å². The van der Waals surface area contributed by atoms with Crippen LogP contribution in [-0.2, 0) is 4.79 Å². The average molecular weight is 352 g/mol. The minimum absolute atomic E-state index is 0.141. The lowest BCUT2D eigenvalue weighted by molar-refractivity contribution is -0.116. The molecule has 0 radical (unpaired) electrons. The van der Waals surface area contributed by atoms with Gasteiger partial charge in [0.1, 0.15) is 5.82 Å². The number of H-pyrrole nitrogens is 2. The molecule has 1 aliphatic heterocycles. The Labute approximate surface area is 152 Å². The molecule has 0 unspecified atom stereocenters. The Morgan fingerprint density at radius 2 is 1.77 bits per heavy atom. The van der Waals surface area contributed by atoms with Gasteiger partial charge in [-0.15, -0.1) is 0 Å². The van der Waals surface area contributed by atoms with E-state index in [1.807, 2.05) is 12.1 Å². The largest absolute Gasteiger partial charge is 0.372 e. The summed E-state index contributed by atoms with van der Waals surface area (Å²) in [6.45, 7) is 6.15. The molecule has 0 fully saturated rings. The molecule has 1 aromatic carbocycles. The second-order valence-electron chi connectivity index (χ2n) is 6.86. The lowest BCUT2D eigenvalue weighted by Crippen LogP contribution is -2.29. The summed E-state index contributed by atoms with van der Waals surface area (Å²) in [5.41, 5.74) is 4.27. The van der Waals surface area contributed by atoms with Crippen molar-refractivity contribution in [3.05, 3.63) is 57.0 Å². The Morgan fingerprint density at radius 3 is 2.46 bits per heavy atom. The van der Waals surface area contributed by atoms with E-state index in [9.17, 15) is 9.59 Å². The molecule has 2 heterocycles. The Bertz CT molecular complexity index is 916. The van der Waals surface area contributed by atoms with Crippen LogP contribution in [0.3, 0.4) is 0 Å². The highest BCUT2D eigenvalue weighted by atomic mass is 16.1. The van der Waals surface area contributed by atoms with E-state index >= 15 is 0 Å². The number of aromatic nitrogens is 2. The van der Waals surface area contributed by atoms with Crippen LogP contribution in [0.15, 0.2) is 40.3 Å². The second kappa shape index (κ2) is 6.52. The van der Waals surface area contributed by atoms with Gasteiger partial charge in [-0.25, -0.2) is 0 Å². The van der Waals surface area contributed by atoms with Gasteiger partial charge < -0.3 is 10.2 Å². The second-order valence-corrected chi connectivity index (χ2v) is 6.86. The number of aromatic amines is 2. The Morgan fingerprint density at radius 1 is 1.04 bits per heavy atom. The smallest absolute Gasteiger partial charge is 0.270 e. The summed E-state index contributed by atoms with van der Waals surface area (Å²) >= 11 is 0. The summed E-state index contributed by atoms with van der Waals surface area (Å²) in [7, 11) is 0. The molecule has 26 heavy (non-hydrogen) atoms. The first-order valence-corrected chi connectivity index (χ1v) is 9.32. The number of allylic oxidation sites excluding steroid dienone is 2. The van der Waals surface area contributed by atoms with Gasteiger partial charge in [0.25, 0.3) is 5.56 Å². The van der Waals surface area contributed by atoms with Gasteiger partial charge in [-0.1, -0.05) is 12.1 Å². The molecule has 4 rings (SSSR count). The number of nitrogens with zero attached hydrogens (tertiary/aromatic N) is 1. The standard InChI is InChI=1S/C20H24N4O2/c1-3-24(4-2)13-10-8-12(9-11-13)16-17-14(6-5-7-15(17)25)21-19-18(16)20(26)23-22-19/h8-11,16H,3-7H2,1-2H3,(H3,21,22,23,26)/t16-/m1/s1. The van der Waals surface area contributed by atoms with E-state index in [0.717, 1.165) is 48.5 Å². The van der Waals surface area contributed by atoms with Crippen LogP contribution in [0.5, 0.6) is 0 Å². The van der Waals surface area contributed by atoms with Crippen LogP contribution >= 0.6 is 0 Å². The van der Waals surface area contributed by atoms with E-state index < -0.39 is 0 Å². The van der Waals surface area contributed by atoms with Gasteiger partial charge in [0.2, 0.25) is 0 Å². The molecule has 0 bridgehead atoms. The molecule has 1 aliphatic carbocycles. The SMILES string of the molecule is CCN(CC)c1ccc([C@@H]2C3=C(CCCC3=O)Nc3[nH][nH]c(=O)c32)cc1. The third-order valence-corrected chi connectivity index (χ3v) is 5.48. The summed E-state index contributed by atoms with van der Waals surface area (Å²) in [4.78, 5) is 27.4. The normalized spacial score (nSPS) is 19.0. The van der Waals surface area contributed by atoms with Crippen molar-refractivity contribution in [3.63, 3.8) is 0 Å². The number of hydrogen-bond acceptors (Lipinski definition) is 4. The minimum atomic E-state index is -0.310. The molecule has 0 saturated heterocycles. The van der Waals surface area contributed by atoms with Crippen molar-refractivity contribution in [2.45, 2.75) is 39.0 Å². The zero-order valence-electron chi connectivity index (χ0n) is 15.2. The molecule has 136 valence electrons. The summed E-state index contributed by atoms with van der Waals surface area (Å²) in [5.74, 6) is 0.513. The molecule has 0 spiro atoms. The Kier molecular flexibility index (Phi) is 4.18. The lowest BCUT2D eigenvalue weighted by Gasteiger charge is -2.31. The molecule has 2 aliphatic rings. The number of carbonyl (C=O) groups excluding carboxylic acids is 1. The number of rotatable bonds is 4. The number of benzene rings is 1. The third-order valence-electron chi connectivity index (χ3n) is 5.48. The van der Waals surface area contributed by atoms with Gasteiger partial charge in [-0.2, -0.15) is 0 Å². The fourth-order valence-electron chi connectivity index (χ4n) is 4.16. The van der Waals surface area contributed by atoms with Crippen molar-refractivity contribution in [2.24, 2.45) is 0 Å². The third kappa shape index (κ3) is 2.57. The van der Waals surface area contributed by atoms with Gasteiger partial charge in [-0.3, -0.25) is 19.8 Å². The number of Topliss-reactive ketones (excluding diaryl/α,β-unsaturated/α-hetero) is 1. The van der Waals surface area contributed by atoms with Crippen molar-refractivity contribution in [1.82, 2.24) is 10.2 Å². The molecular weight excluding hydrogens is 328 g/mol. The molecule has 1 aromatic heterocycles. The summed E-state index contributed by atoms with van der Waals surface area (Å²) < 4.78 is 0. The molecular formula is C20H24N4O2. The van der Waals surface area contributed by atoms with Gasteiger partial charge in [-0.05, 0) is 44.4 Å². The first-order chi connectivity index (χ1) is 12.6. The zero-order valence-corrected chi connectivity index (χ0v) is 15.2. The van der Waals surface area contributed by atoms with Crippen LogP contribution in [0.4, 0.5) is 11.5 Å². The zero-order chi connectivity index (χ0) is 18.3.